The highest BCUT2D eigenvalue weighted by molar-refractivity contribution is 7.09. The molecule has 0 fully saturated rings. The minimum absolute atomic E-state index is 0.158. The summed E-state index contributed by atoms with van der Waals surface area (Å²) < 4.78 is 0. The molecule has 0 aromatic carbocycles. The average molecular weight is 294 g/mol. The van der Waals surface area contributed by atoms with Gasteiger partial charge in [-0.3, -0.25) is 0 Å². The summed E-state index contributed by atoms with van der Waals surface area (Å²) in [4.78, 5) is 4.71. The summed E-state index contributed by atoms with van der Waals surface area (Å²) in [7, 11) is 0. The van der Waals surface area contributed by atoms with Crippen molar-refractivity contribution in [3.8, 4) is 0 Å². The number of nitrogens with one attached hydrogen (secondary N) is 1. The zero-order valence-electron chi connectivity index (χ0n) is 12.1. The molecule has 1 unspecified atom stereocenters. The number of hydrogen-bond donors (Lipinski definition) is 1. The summed E-state index contributed by atoms with van der Waals surface area (Å²) in [5, 5.41) is 11.3. The molecule has 2 aromatic heterocycles. The zero-order chi connectivity index (χ0) is 13.9. The van der Waals surface area contributed by atoms with Crippen LogP contribution in [0.3, 0.4) is 0 Å². The summed E-state index contributed by atoms with van der Waals surface area (Å²) in [5.74, 6) is 0. The van der Waals surface area contributed by atoms with Gasteiger partial charge in [-0.25, -0.2) is 4.98 Å². The number of hydrogen-bond acceptors (Lipinski definition) is 4. The van der Waals surface area contributed by atoms with E-state index in [1.807, 2.05) is 0 Å². The fourth-order valence-electron chi connectivity index (χ4n) is 1.85. The summed E-state index contributed by atoms with van der Waals surface area (Å²) in [6.07, 6.45) is 1.08. The van der Waals surface area contributed by atoms with Crippen molar-refractivity contribution in [1.29, 1.82) is 0 Å². The highest BCUT2D eigenvalue weighted by atomic mass is 32.1. The number of thiazole rings is 1. The molecule has 0 aliphatic heterocycles. The summed E-state index contributed by atoms with van der Waals surface area (Å²) in [5.41, 5.74) is 2.73. The first-order valence-electron chi connectivity index (χ1n) is 6.64. The van der Waals surface area contributed by atoms with E-state index in [1.165, 1.54) is 10.6 Å². The van der Waals surface area contributed by atoms with E-state index in [4.69, 9.17) is 4.98 Å². The fraction of sp³-hybridized carbons (Fsp3) is 0.533. The SMILES string of the molecule is CC(Cc1ccsc1)NCc1csc(C(C)(C)C)n1. The average Bonchev–Trinajstić information content (AvgIpc) is 2.95. The Morgan fingerprint density at radius 1 is 1.32 bits per heavy atom. The molecule has 2 rings (SSSR count). The number of thiophene rings is 1. The predicted molar refractivity (Wildman–Crippen MR) is 85.1 cm³/mol. The van der Waals surface area contributed by atoms with Crippen LogP contribution in [-0.4, -0.2) is 11.0 Å². The van der Waals surface area contributed by atoms with Crippen LogP contribution in [0.25, 0.3) is 0 Å². The Balaban J connectivity index is 1.83. The standard InChI is InChI=1S/C15H22N2S2/c1-11(7-12-5-6-18-9-12)16-8-13-10-19-14(17-13)15(2,3)4/h5-6,9-11,16H,7-8H2,1-4H3. The molecule has 1 atom stereocenters. The van der Waals surface area contributed by atoms with E-state index in [-0.39, 0.29) is 5.41 Å². The highest BCUT2D eigenvalue weighted by Crippen LogP contribution is 2.25. The van der Waals surface area contributed by atoms with Gasteiger partial charge in [0.05, 0.1) is 10.7 Å². The van der Waals surface area contributed by atoms with Crippen LogP contribution in [0.5, 0.6) is 0 Å². The first kappa shape index (κ1) is 14.7. The van der Waals surface area contributed by atoms with Gasteiger partial charge < -0.3 is 5.32 Å². The maximum Gasteiger partial charge on any atom is 0.0982 e. The molecule has 0 saturated heterocycles. The van der Waals surface area contributed by atoms with E-state index in [0.29, 0.717) is 6.04 Å². The summed E-state index contributed by atoms with van der Waals surface area (Å²) >= 11 is 3.53. The number of aromatic nitrogens is 1. The molecule has 0 aliphatic carbocycles. The van der Waals surface area contributed by atoms with Gasteiger partial charge in [0.25, 0.3) is 0 Å². The van der Waals surface area contributed by atoms with E-state index in [0.717, 1.165) is 18.7 Å². The van der Waals surface area contributed by atoms with Gasteiger partial charge >= 0.3 is 0 Å². The van der Waals surface area contributed by atoms with Crippen LogP contribution >= 0.6 is 22.7 Å². The number of nitrogens with zero attached hydrogens (tertiary/aromatic N) is 1. The van der Waals surface area contributed by atoms with Crippen molar-refractivity contribution in [2.45, 2.75) is 52.1 Å². The first-order chi connectivity index (χ1) is 8.95. The molecule has 1 N–H and O–H groups in total. The fourth-order valence-corrected chi connectivity index (χ4v) is 3.43. The molecule has 104 valence electrons. The van der Waals surface area contributed by atoms with Crippen LogP contribution in [0.4, 0.5) is 0 Å². The topological polar surface area (TPSA) is 24.9 Å². The Kier molecular flexibility index (Phi) is 4.76. The second kappa shape index (κ2) is 6.16. The Labute approximate surface area is 123 Å². The molecule has 0 amide bonds. The van der Waals surface area contributed by atoms with Crippen molar-refractivity contribution in [2.24, 2.45) is 0 Å². The van der Waals surface area contributed by atoms with Gasteiger partial charge in [0.1, 0.15) is 0 Å². The van der Waals surface area contributed by atoms with Crippen molar-refractivity contribution in [3.63, 3.8) is 0 Å². The number of rotatable bonds is 5. The minimum atomic E-state index is 0.158. The van der Waals surface area contributed by atoms with Gasteiger partial charge in [-0.05, 0) is 35.7 Å². The maximum absolute atomic E-state index is 4.71. The first-order valence-corrected chi connectivity index (χ1v) is 8.47. The molecule has 2 nitrogen and oxygen atoms in total. The van der Waals surface area contributed by atoms with E-state index in [9.17, 15) is 0 Å². The summed E-state index contributed by atoms with van der Waals surface area (Å²) in [6.45, 7) is 9.72. The lowest BCUT2D eigenvalue weighted by Gasteiger charge is -2.14. The highest BCUT2D eigenvalue weighted by Gasteiger charge is 2.17. The Morgan fingerprint density at radius 2 is 2.11 bits per heavy atom. The Morgan fingerprint density at radius 3 is 2.68 bits per heavy atom. The second-order valence-corrected chi connectivity index (χ2v) is 7.65. The van der Waals surface area contributed by atoms with Crippen LogP contribution in [-0.2, 0) is 18.4 Å². The van der Waals surface area contributed by atoms with Crippen molar-refractivity contribution in [3.05, 3.63) is 38.5 Å². The van der Waals surface area contributed by atoms with E-state index in [1.54, 1.807) is 22.7 Å². The van der Waals surface area contributed by atoms with Gasteiger partial charge in [-0.2, -0.15) is 11.3 Å². The Hall–Kier alpha value is -0.710. The second-order valence-electron chi connectivity index (χ2n) is 6.01. The quantitative estimate of drug-likeness (QED) is 0.893. The zero-order valence-corrected chi connectivity index (χ0v) is 13.7. The van der Waals surface area contributed by atoms with Crippen molar-refractivity contribution in [2.75, 3.05) is 0 Å². The molecule has 0 saturated carbocycles. The third kappa shape index (κ3) is 4.41. The van der Waals surface area contributed by atoms with Crippen molar-refractivity contribution in [1.82, 2.24) is 10.3 Å². The molecule has 19 heavy (non-hydrogen) atoms. The van der Waals surface area contributed by atoms with E-state index < -0.39 is 0 Å². The van der Waals surface area contributed by atoms with Crippen LogP contribution in [0.15, 0.2) is 22.2 Å². The molecule has 0 aliphatic rings. The molecular weight excluding hydrogens is 272 g/mol. The van der Waals surface area contributed by atoms with Crippen molar-refractivity contribution >= 4 is 22.7 Å². The normalized spacial score (nSPS) is 13.7. The smallest absolute Gasteiger partial charge is 0.0982 e. The predicted octanol–water partition coefficient (Wildman–Crippen LogP) is 4.22. The molecule has 2 aromatic rings. The third-order valence-electron chi connectivity index (χ3n) is 2.95. The molecule has 0 radical (unpaired) electrons. The van der Waals surface area contributed by atoms with Crippen LogP contribution in [0.1, 0.15) is 44.0 Å². The van der Waals surface area contributed by atoms with Gasteiger partial charge in [0.2, 0.25) is 0 Å². The van der Waals surface area contributed by atoms with Gasteiger partial charge in [0.15, 0.2) is 0 Å². The lowest BCUT2D eigenvalue weighted by atomic mass is 9.98. The molecule has 2 heterocycles. The van der Waals surface area contributed by atoms with Crippen molar-refractivity contribution < 1.29 is 0 Å². The molecule has 0 spiro atoms. The minimum Gasteiger partial charge on any atom is -0.308 e. The van der Waals surface area contributed by atoms with Crippen LogP contribution in [0, 0.1) is 0 Å². The Bertz CT molecular complexity index is 494. The largest absolute Gasteiger partial charge is 0.308 e. The lowest BCUT2D eigenvalue weighted by molar-refractivity contribution is 0.536. The van der Waals surface area contributed by atoms with Gasteiger partial charge in [0, 0.05) is 23.4 Å². The molecule has 4 heteroatoms. The van der Waals surface area contributed by atoms with Crippen LogP contribution in [0.2, 0.25) is 0 Å². The molecular formula is C15H22N2S2. The molecule has 0 bridgehead atoms. The monoisotopic (exact) mass is 294 g/mol. The van der Waals surface area contributed by atoms with Gasteiger partial charge in [-0.15, -0.1) is 11.3 Å². The van der Waals surface area contributed by atoms with E-state index >= 15 is 0 Å². The van der Waals surface area contributed by atoms with E-state index in [2.05, 4.69) is 55.2 Å². The van der Waals surface area contributed by atoms with Crippen LogP contribution < -0.4 is 5.32 Å². The maximum atomic E-state index is 4.71. The lowest BCUT2D eigenvalue weighted by Crippen LogP contribution is -2.27. The van der Waals surface area contributed by atoms with Gasteiger partial charge in [-0.1, -0.05) is 20.8 Å². The third-order valence-corrected chi connectivity index (χ3v) is 5.00. The summed E-state index contributed by atoms with van der Waals surface area (Å²) in [6, 6.07) is 2.68.